The Morgan fingerprint density at radius 1 is 0.793 bits per heavy atom. The predicted molar refractivity (Wildman–Crippen MR) is 128 cm³/mol. The Morgan fingerprint density at radius 3 is 1.59 bits per heavy atom. The maximum absolute atomic E-state index is 11.7. The molecular formula is C19H22Br2N4O2S2. The van der Waals surface area contributed by atoms with E-state index in [0.717, 1.165) is 50.8 Å². The highest BCUT2D eigenvalue weighted by molar-refractivity contribution is 9.10. The van der Waals surface area contributed by atoms with Crippen molar-refractivity contribution in [2.45, 2.75) is 44.9 Å². The summed E-state index contributed by atoms with van der Waals surface area (Å²) in [5, 5.41) is 11.8. The van der Waals surface area contributed by atoms with E-state index < -0.39 is 0 Å². The van der Waals surface area contributed by atoms with Crippen LogP contribution in [0.2, 0.25) is 0 Å². The summed E-state index contributed by atoms with van der Waals surface area (Å²) in [6, 6.07) is 3.88. The third kappa shape index (κ3) is 10.8. The van der Waals surface area contributed by atoms with E-state index >= 15 is 0 Å². The van der Waals surface area contributed by atoms with E-state index in [1.807, 2.05) is 22.9 Å². The molecule has 0 aliphatic heterocycles. The van der Waals surface area contributed by atoms with Gasteiger partial charge in [-0.3, -0.25) is 9.59 Å². The maximum Gasteiger partial charge on any atom is 0.240 e. The van der Waals surface area contributed by atoms with Crippen LogP contribution in [0.1, 0.15) is 54.7 Å². The van der Waals surface area contributed by atoms with Crippen LogP contribution < -0.4 is 10.9 Å². The minimum Gasteiger partial charge on any atom is -0.273 e. The molecule has 2 N–H and O–H groups in total. The number of carbonyl (C=O) groups is 2. The van der Waals surface area contributed by atoms with Gasteiger partial charge in [0.1, 0.15) is 0 Å². The van der Waals surface area contributed by atoms with Gasteiger partial charge in [-0.15, -0.1) is 22.7 Å². The molecule has 2 heterocycles. The van der Waals surface area contributed by atoms with Gasteiger partial charge in [-0.25, -0.2) is 10.9 Å². The van der Waals surface area contributed by atoms with Crippen molar-refractivity contribution in [3.63, 3.8) is 0 Å². The molecule has 0 aliphatic rings. The van der Waals surface area contributed by atoms with Crippen LogP contribution in [0.5, 0.6) is 0 Å². The molecule has 6 nitrogen and oxygen atoms in total. The van der Waals surface area contributed by atoms with Crippen LogP contribution in [0.3, 0.4) is 0 Å². The van der Waals surface area contributed by atoms with E-state index in [-0.39, 0.29) is 11.8 Å². The number of nitrogens with zero attached hydrogens (tertiary/aromatic N) is 2. The molecule has 0 aromatic carbocycles. The smallest absolute Gasteiger partial charge is 0.240 e. The maximum atomic E-state index is 11.7. The van der Waals surface area contributed by atoms with E-state index in [1.165, 1.54) is 0 Å². The lowest BCUT2D eigenvalue weighted by Crippen LogP contribution is -2.17. The molecule has 2 rings (SSSR count). The first-order valence-corrected chi connectivity index (χ1v) is 12.5. The predicted octanol–water partition coefficient (Wildman–Crippen LogP) is 5.67. The molecule has 0 unspecified atom stereocenters. The summed E-state index contributed by atoms with van der Waals surface area (Å²) in [6.45, 7) is 0. The van der Waals surface area contributed by atoms with Gasteiger partial charge in [0.2, 0.25) is 11.8 Å². The number of hydrogen-bond acceptors (Lipinski definition) is 6. The molecule has 2 aromatic rings. The van der Waals surface area contributed by atoms with Gasteiger partial charge in [-0.1, -0.05) is 19.3 Å². The van der Waals surface area contributed by atoms with Gasteiger partial charge >= 0.3 is 0 Å². The molecule has 0 atom stereocenters. The molecule has 10 heteroatoms. The number of unbranched alkanes of at least 4 members (excludes halogenated alkanes) is 4. The van der Waals surface area contributed by atoms with E-state index in [0.29, 0.717) is 12.8 Å². The van der Waals surface area contributed by atoms with Crippen molar-refractivity contribution >= 4 is 78.8 Å². The Balaban J connectivity index is 1.44. The molecule has 2 aromatic heterocycles. The van der Waals surface area contributed by atoms with Crippen molar-refractivity contribution in [1.82, 2.24) is 10.9 Å². The molecule has 0 saturated carbocycles. The lowest BCUT2D eigenvalue weighted by molar-refractivity contribution is -0.121. The number of hydrazone groups is 2. The summed E-state index contributed by atoms with van der Waals surface area (Å²) in [7, 11) is 0. The second-order valence-electron chi connectivity index (χ2n) is 6.19. The Kier molecular flexibility index (Phi) is 11.4. The van der Waals surface area contributed by atoms with Crippen LogP contribution in [0.4, 0.5) is 0 Å². The summed E-state index contributed by atoms with van der Waals surface area (Å²) < 4.78 is 2.01. The Hall–Kier alpha value is -1.36. The Morgan fingerprint density at radius 2 is 1.21 bits per heavy atom. The molecule has 0 spiro atoms. The van der Waals surface area contributed by atoms with Gasteiger partial charge in [-0.05, 0) is 56.8 Å². The quantitative estimate of drug-likeness (QED) is 0.199. The summed E-state index contributed by atoms with van der Waals surface area (Å²) in [6.07, 6.45) is 8.75. The largest absolute Gasteiger partial charge is 0.273 e. The SMILES string of the molecule is O=C(CCCCCCCC(=O)NN=Cc1cc(Br)cs1)NN=Cc1cc(Br)cs1. The first-order chi connectivity index (χ1) is 14.0. The van der Waals surface area contributed by atoms with Crippen LogP contribution >= 0.6 is 54.5 Å². The molecule has 0 aliphatic carbocycles. The number of amides is 2. The summed E-state index contributed by atoms with van der Waals surface area (Å²) in [5.74, 6) is -0.154. The zero-order chi connectivity index (χ0) is 20.9. The van der Waals surface area contributed by atoms with Gasteiger partial charge in [0.15, 0.2) is 0 Å². The van der Waals surface area contributed by atoms with Gasteiger partial charge in [0.05, 0.1) is 12.4 Å². The highest BCUT2D eigenvalue weighted by atomic mass is 79.9. The molecule has 0 saturated heterocycles. The fourth-order valence-corrected chi connectivity index (χ4v) is 4.95. The van der Waals surface area contributed by atoms with Crippen molar-refractivity contribution in [3.05, 3.63) is 41.6 Å². The highest BCUT2D eigenvalue weighted by Gasteiger charge is 2.02. The summed E-state index contributed by atoms with van der Waals surface area (Å²) >= 11 is 9.85. The molecular weight excluding hydrogens is 540 g/mol. The van der Waals surface area contributed by atoms with Crippen LogP contribution in [0.15, 0.2) is 42.0 Å². The number of thiophene rings is 2. The third-order valence-electron chi connectivity index (χ3n) is 3.75. The van der Waals surface area contributed by atoms with Crippen LogP contribution in [0, 0.1) is 0 Å². The second-order valence-corrected chi connectivity index (χ2v) is 9.91. The third-order valence-corrected chi connectivity index (χ3v) is 7.00. The first-order valence-electron chi connectivity index (χ1n) is 9.15. The number of carbonyl (C=O) groups excluding carboxylic acids is 2. The zero-order valence-electron chi connectivity index (χ0n) is 15.7. The summed E-state index contributed by atoms with van der Waals surface area (Å²) in [4.78, 5) is 25.4. The van der Waals surface area contributed by atoms with E-state index in [9.17, 15) is 9.59 Å². The Labute approximate surface area is 195 Å². The van der Waals surface area contributed by atoms with Gasteiger partial charge in [0, 0.05) is 42.3 Å². The second kappa shape index (κ2) is 13.8. The number of halogens is 2. The van der Waals surface area contributed by atoms with Crippen LogP contribution in [0.25, 0.3) is 0 Å². The van der Waals surface area contributed by atoms with Crippen molar-refractivity contribution in [2.24, 2.45) is 10.2 Å². The van der Waals surface area contributed by atoms with Crippen molar-refractivity contribution < 1.29 is 9.59 Å². The lowest BCUT2D eigenvalue weighted by Gasteiger charge is -2.02. The minimum absolute atomic E-state index is 0.0770. The van der Waals surface area contributed by atoms with Gasteiger partial charge in [-0.2, -0.15) is 10.2 Å². The topological polar surface area (TPSA) is 82.9 Å². The van der Waals surface area contributed by atoms with Gasteiger partial charge < -0.3 is 0 Å². The average molecular weight is 562 g/mol. The molecule has 29 heavy (non-hydrogen) atoms. The molecule has 0 bridgehead atoms. The van der Waals surface area contributed by atoms with Crippen molar-refractivity contribution in [2.75, 3.05) is 0 Å². The number of hydrogen-bond donors (Lipinski definition) is 2. The molecule has 0 radical (unpaired) electrons. The fraction of sp³-hybridized carbons (Fsp3) is 0.368. The van der Waals surface area contributed by atoms with Crippen LogP contribution in [-0.2, 0) is 9.59 Å². The standard InChI is InChI=1S/C19H22Br2N4O2S2/c20-14-8-16(28-12-14)10-22-24-18(26)6-4-2-1-3-5-7-19(27)25-23-11-17-9-15(21)13-29-17/h8-13H,1-7H2,(H,24,26)(H,25,27). The van der Waals surface area contributed by atoms with E-state index in [2.05, 4.69) is 52.9 Å². The van der Waals surface area contributed by atoms with Crippen LogP contribution in [-0.4, -0.2) is 24.2 Å². The Bertz CT molecular complexity index is 781. The monoisotopic (exact) mass is 560 g/mol. The average Bonchev–Trinajstić information content (AvgIpc) is 3.29. The highest BCUT2D eigenvalue weighted by Crippen LogP contribution is 2.18. The molecule has 0 fully saturated rings. The van der Waals surface area contributed by atoms with Gasteiger partial charge in [0.25, 0.3) is 0 Å². The fourth-order valence-electron chi connectivity index (χ4n) is 2.34. The minimum atomic E-state index is -0.0770. The molecule has 156 valence electrons. The number of rotatable bonds is 12. The summed E-state index contributed by atoms with van der Waals surface area (Å²) in [5.41, 5.74) is 5.09. The molecule has 2 amide bonds. The van der Waals surface area contributed by atoms with Crippen molar-refractivity contribution in [1.29, 1.82) is 0 Å². The zero-order valence-corrected chi connectivity index (χ0v) is 20.5. The van der Waals surface area contributed by atoms with E-state index in [4.69, 9.17) is 0 Å². The normalized spacial score (nSPS) is 11.4. The van der Waals surface area contributed by atoms with E-state index in [1.54, 1.807) is 35.1 Å². The first kappa shape index (κ1) is 23.9. The lowest BCUT2D eigenvalue weighted by atomic mass is 10.1. The van der Waals surface area contributed by atoms with Crippen molar-refractivity contribution in [3.8, 4) is 0 Å². The number of nitrogens with one attached hydrogen (secondary N) is 2.